The third kappa shape index (κ3) is 5.70. The molecule has 0 fully saturated rings. The largest absolute Gasteiger partial charge is 0.445 e. The number of alkyl carbamates (subject to hydrolysis) is 1. The second kappa shape index (κ2) is 10.0. The first-order chi connectivity index (χ1) is 15.9. The fourth-order valence-corrected chi connectivity index (χ4v) is 5.39. The normalized spacial score (nSPS) is 17.7. The molecule has 8 nitrogen and oxygen atoms in total. The van der Waals surface area contributed by atoms with Gasteiger partial charge >= 0.3 is 6.09 Å². The van der Waals surface area contributed by atoms with Gasteiger partial charge in [0.05, 0.1) is 10.9 Å². The van der Waals surface area contributed by atoms with Gasteiger partial charge in [0, 0.05) is 29.4 Å². The molecule has 4 rings (SSSR count). The maximum Gasteiger partial charge on any atom is 0.407 e. The number of ether oxygens (including phenoxy) is 1. The lowest BCUT2D eigenvalue weighted by atomic mass is 10.0. The van der Waals surface area contributed by atoms with Crippen molar-refractivity contribution in [2.24, 2.45) is 0 Å². The summed E-state index contributed by atoms with van der Waals surface area (Å²) in [6, 6.07) is 17.0. The van der Waals surface area contributed by atoms with E-state index in [9.17, 15) is 18.7 Å². The van der Waals surface area contributed by atoms with Crippen LogP contribution in [0.5, 0.6) is 0 Å². The lowest BCUT2D eigenvalue weighted by molar-refractivity contribution is 0.102. The van der Waals surface area contributed by atoms with E-state index < -0.39 is 22.7 Å². The monoisotopic (exact) mass is 467 g/mol. The Balaban J connectivity index is 1.52. The standard InChI is InChI=1S/C24H25N3O5S/c28-23(26-19-10-12-25-13-11-19)18-8-9-20-21(7-4-14-33(30,31)22(20)15-18)27-24(29)32-16-17-5-2-1-3-6-17/h1-3,5-6,8-13,15,21,30-31H,4,7,14,16H2,(H,27,29)(H,25,26,28). The van der Waals surface area contributed by atoms with E-state index >= 15 is 0 Å². The molecule has 2 heterocycles. The average Bonchev–Trinajstić information content (AvgIpc) is 2.94. The average molecular weight is 468 g/mol. The molecule has 0 bridgehead atoms. The van der Waals surface area contributed by atoms with Crippen molar-refractivity contribution in [3.63, 3.8) is 0 Å². The number of pyridine rings is 1. The van der Waals surface area contributed by atoms with Gasteiger partial charge in [0.25, 0.3) is 5.91 Å². The number of nitrogens with zero attached hydrogens (tertiary/aromatic N) is 1. The van der Waals surface area contributed by atoms with Crippen LogP contribution in [0.3, 0.4) is 0 Å². The lowest BCUT2D eigenvalue weighted by Crippen LogP contribution is -2.29. The van der Waals surface area contributed by atoms with E-state index in [-0.39, 0.29) is 28.7 Å². The van der Waals surface area contributed by atoms with Crippen LogP contribution < -0.4 is 10.6 Å². The maximum absolute atomic E-state index is 12.7. The molecule has 2 aromatic carbocycles. The van der Waals surface area contributed by atoms with Gasteiger partial charge in [0.2, 0.25) is 0 Å². The fraction of sp³-hybridized carbons (Fsp3) is 0.208. The highest BCUT2D eigenvalue weighted by molar-refractivity contribution is 8.24. The highest BCUT2D eigenvalue weighted by Crippen LogP contribution is 2.54. The van der Waals surface area contributed by atoms with E-state index in [1.807, 2.05) is 30.3 Å². The first kappa shape index (κ1) is 22.8. The van der Waals surface area contributed by atoms with Gasteiger partial charge in [-0.1, -0.05) is 36.4 Å². The van der Waals surface area contributed by atoms with Crippen LogP contribution in [0, 0.1) is 0 Å². The van der Waals surface area contributed by atoms with Gasteiger partial charge in [-0.05, 0) is 48.2 Å². The molecular weight excluding hydrogens is 442 g/mol. The molecule has 0 radical (unpaired) electrons. The third-order valence-corrected chi connectivity index (χ3v) is 7.28. The van der Waals surface area contributed by atoms with Crippen LogP contribution in [-0.2, 0) is 11.3 Å². The van der Waals surface area contributed by atoms with Crippen molar-refractivity contribution in [2.45, 2.75) is 30.4 Å². The Bertz CT molecular complexity index is 1130. The molecule has 1 aromatic heterocycles. The number of carbonyl (C=O) groups is 2. The van der Waals surface area contributed by atoms with Gasteiger partial charge in [-0.2, -0.15) is 10.6 Å². The molecule has 4 N–H and O–H groups in total. The SMILES string of the molecule is O=C(NC1CCCS(O)(O)c2cc(C(=O)Nc3ccncc3)ccc21)OCc1ccccc1. The van der Waals surface area contributed by atoms with Crippen molar-refractivity contribution in [1.82, 2.24) is 10.3 Å². The smallest absolute Gasteiger partial charge is 0.407 e. The zero-order valence-corrected chi connectivity index (χ0v) is 18.6. The molecule has 33 heavy (non-hydrogen) atoms. The van der Waals surface area contributed by atoms with Crippen molar-refractivity contribution in [3.8, 4) is 0 Å². The van der Waals surface area contributed by atoms with Crippen LogP contribution in [-0.4, -0.2) is 31.8 Å². The van der Waals surface area contributed by atoms with Gasteiger partial charge in [-0.15, -0.1) is 0 Å². The molecule has 1 atom stereocenters. The fourth-order valence-electron chi connectivity index (χ4n) is 3.70. The number of hydrogen-bond donors (Lipinski definition) is 4. The number of hydrogen-bond acceptors (Lipinski definition) is 6. The van der Waals surface area contributed by atoms with Gasteiger partial charge in [0.1, 0.15) is 6.61 Å². The predicted molar refractivity (Wildman–Crippen MR) is 126 cm³/mol. The predicted octanol–water partition coefficient (Wildman–Crippen LogP) is 5.20. The third-order valence-electron chi connectivity index (χ3n) is 5.37. The number of benzene rings is 2. The minimum absolute atomic E-state index is 0.134. The van der Waals surface area contributed by atoms with E-state index in [1.54, 1.807) is 36.7 Å². The summed E-state index contributed by atoms with van der Waals surface area (Å²) in [4.78, 5) is 29.3. The second-order valence-corrected chi connectivity index (χ2v) is 9.90. The number of nitrogens with one attached hydrogen (secondary N) is 2. The van der Waals surface area contributed by atoms with Crippen LogP contribution in [0.4, 0.5) is 10.5 Å². The van der Waals surface area contributed by atoms with E-state index in [0.29, 0.717) is 24.1 Å². The summed E-state index contributed by atoms with van der Waals surface area (Å²) in [5.41, 5.74) is 2.31. The van der Waals surface area contributed by atoms with Crippen molar-refractivity contribution in [3.05, 3.63) is 89.7 Å². The van der Waals surface area contributed by atoms with E-state index in [4.69, 9.17) is 4.74 Å². The van der Waals surface area contributed by atoms with E-state index in [2.05, 4.69) is 15.6 Å². The minimum Gasteiger partial charge on any atom is -0.445 e. The molecule has 0 spiro atoms. The molecule has 1 aliphatic heterocycles. The highest BCUT2D eigenvalue weighted by Gasteiger charge is 2.30. The molecular formula is C24H25N3O5S. The number of amides is 2. The van der Waals surface area contributed by atoms with Gasteiger partial charge < -0.3 is 15.4 Å². The molecule has 172 valence electrons. The molecule has 9 heteroatoms. The summed E-state index contributed by atoms with van der Waals surface area (Å²) < 4.78 is 26.9. The zero-order valence-electron chi connectivity index (χ0n) is 17.8. The summed E-state index contributed by atoms with van der Waals surface area (Å²) in [5, 5.41) is 5.60. The van der Waals surface area contributed by atoms with E-state index in [1.165, 1.54) is 6.07 Å². The molecule has 3 aromatic rings. The summed E-state index contributed by atoms with van der Waals surface area (Å²) in [5.74, 6) is -0.220. The Morgan fingerprint density at radius 3 is 2.58 bits per heavy atom. The Labute approximate surface area is 193 Å². The number of carbonyl (C=O) groups excluding carboxylic acids is 2. The highest BCUT2D eigenvalue weighted by atomic mass is 32.3. The Morgan fingerprint density at radius 1 is 1.06 bits per heavy atom. The van der Waals surface area contributed by atoms with Crippen LogP contribution in [0.1, 0.15) is 40.4 Å². The number of rotatable bonds is 5. The molecule has 1 unspecified atom stereocenters. The first-order valence-electron chi connectivity index (χ1n) is 10.5. The number of anilines is 1. The minimum atomic E-state index is -3.11. The van der Waals surface area contributed by atoms with E-state index in [0.717, 1.165) is 5.56 Å². The van der Waals surface area contributed by atoms with Crippen molar-refractivity contribution >= 4 is 28.3 Å². The van der Waals surface area contributed by atoms with Gasteiger partial charge in [-0.25, -0.2) is 4.79 Å². The van der Waals surface area contributed by atoms with Crippen LogP contribution >= 0.6 is 10.6 Å². The molecule has 0 saturated heterocycles. The quantitative estimate of drug-likeness (QED) is 0.409. The van der Waals surface area contributed by atoms with Crippen LogP contribution in [0.25, 0.3) is 0 Å². The van der Waals surface area contributed by atoms with Gasteiger partial charge in [0.15, 0.2) is 0 Å². The van der Waals surface area contributed by atoms with Crippen molar-refractivity contribution in [1.29, 1.82) is 0 Å². The van der Waals surface area contributed by atoms with Crippen molar-refractivity contribution < 1.29 is 23.4 Å². The second-order valence-electron chi connectivity index (χ2n) is 7.71. The zero-order chi connectivity index (χ0) is 23.3. The Hall–Kier alpha value is -3.40. The number of fused-ring (bicyclic) bond motifs is 1. The summed E-state index contributed by atoms with van der Waals surface area (Å²) in [7, 11) is -3.11. The topological polar surface area (TPSA) is 121 Å². The Kier molecular flexibility index (Phi) is 6.93. The lowest BCUT2D eigenvalue weighted by Gasteiger charge is -2.33. The summed E-state index contributed by atoms with van der Waals surface area (Å²) >= 11 is 0. The Morgan fingerprint density at radius 2 is 1.82 bits per heavy atom. The maximum atomic E-state index is 12.7. The summed E-state index contributed by atoms with van der Waals surface area (Å²) in [6.07, 6.45) is 3.56. The molecule has 0 aliphatic carbocycles. The molecule has 0 saturated carbocycles. The first-order valence-corrected chi connectivity index (χ1v) is 12.2. The number of aromatic nitrogens is 1. The molecule has 1 aliphatic rings. The molecule has 2 amide bonds. The van der Waals surface area contributed by atoms with Gasteiger partial charge in [-0.3, -0.25) is 18.9 Å². The van der Waals surface area contributed by atoms with Crippen LogP contribution in [0.15, 0.2) is 78.0 Å². The van der Waals surface area contributed by atoms with Crippen LogP contribution in [0.2, 0.25) is 0 Å². The summed E-state index contributed by atoms with van der Waals surface area (Å²) in [6.45, 7) is 0.134. The van der Waals surface area contributed by atoms with Crippen molar-refractivity contribution in [2.75, 3.05) is 11.1 Å².